The van der Waals surface area contributed by atoms with Crippen LogP contribution in [-0.4, -0.2) is 58.1 Å². The van der Waals surface area contributed by atoms with Crippen molar-refractivity contribution >= 4 is 11.7 Å². The number of pyridine rings is 1. The predicted molar refractivity (Wildman–Crippen MR) is 96.7 cm³/mol. The Morgan fingerprint density at radius 2 is 1.96 bits per heavy atom. The number of nitrogens with two attached hydrogens (primary N) is 1. The first kappa shape index (κ1) is 17.4. The average molecular weight is 340 g/mol. The lowest BCUT2D eigenvalue weighted by Crippen LogP contribution is -2.38. The molecule has 0 radical (unpaired) electrons. The minimum Gasteiger partial charge on any atom is -0.390 e. The van der Waals surface area contributed by atoms with E-state index in [0.29, 0.717) is 45.0 Å². The van der Waals surface area contributed by atoms with Crippen LogP contribution in [0.25, 0.3) is 0 Å². The summed E-state index contributed by atoms with van der Waals surface area (Å²) in [6.07, 6.45) is 1.46. The Hall–Kier alpha value is -2.44. The molecule has 1 saturated heterocycles. The number of carbonyl (C=O) groups excluding carboxylic acids is 1. The van der Waals surface area contributed by atoms with E-state index in [2.05, 4.69) is 9.88 Å². The highest BCUT2D eigenvalue weighted by Gasteiger charge is 2.24. The van der Waals surface area contributed by atoms with Gasteiger partial charge in [0.25, 0.3) is 0 Å². The number of benzene rings is 1. The van der Waals surface area contributed by atoms with Gasteiger partial charge in [-0.3, -0.25) is 9.69 Å². The maximum atomic E-state index is 12.6. The number of β-amino-alcohol motifs (C(OH)–C–C–N with tert-alkyl or cyclic N) is 1. The number of hydrogen-bond donors (Lipinski definition) is 2. The predicted octanol–water partition coefficient (Wildman–Crippen LogP) is 0.912. The first-order chi connectivity index (χ1) is 12.1. The number of nitrogen functional groups attached to an aromatic ring is 1. The molecule has 1 aromatic carbocycles. The van der Waals surface area contributed by atoms with Crippen molar-refractivity contribution in [3.63, 3.8) is 0 Å². The van der Waals surface area contributed by atoms with E-state index in [1.165, 1.54) is 0 Å². The smallest absolute Gasteiger partial charge is 0.227 e. The second-order valence-electron chi connectivity index (χ2n) is 6.44. The number of nitrogens with zero attached hydrogens (tertiary/aromatic N) is 3. The normalized spacial score (nSPS) is 18.8. The first-order valence-corrected chi connectivity index (χ1v) is 8.53. The highest BCUT2D eigenvalue weighted by atomic mass is 16.3. The van der Waals surface area contributed by atoms with Crippen molar-refractivity contribution in [3.8, 4) is 0 Å². The maximum Gasteiger partial charge on any atom is 0.227 e. The van der Waals surface area contributed by atoms with Crippen molar-refractivity contribution < 1.29 is 9.90 Å². The van der Waals surface area contributed by atoms with Crippen LogP contribution in [0.5, 0.6) is 0 Å². The van der Waals surface area contributed by atoms with Crippen molar-refractivity contribution in [1.82, 2.24) is 14.8 Å². The lowest BCUT2D eigenvalue weighted by molar-refractivity contribution is -0.131. The largest absolute Gasteiger partial charge is 0.390 e. The number of carbonyl (C=O) groups is 1. The van der Waals surface area contributed by atoms with Crippen LogP contribution in [0.4, 0.5) is 5.82 Å². The number of rotatable bonds is 4. The summed E-state index contributed by atoms with van der Waals surface area (Å²) < 4.78 is 0. The molecule has 1 aromatic heterocycles. The van der Waals surface area contributed by atoms with Crippen LogP contribution < -0.4 is 5.73 Å². The van der Waals surface area contributed by atoms with Crippen LogP contribution in [0.3, 0.4) is 0 Å². The minimum absolute atomic E-state index is 0.0491. The van der Waals surface area contributed by atoms with Crippen LogP contribution in [0.2, 0.25) is 0 Å². The van der Waals surface area contributed by atoms with E-state index >= 15 is 0 Å². The zero-order valence-corrected chi connectivity index (χ0v) is 14.2. The van der Waals surface area contributed by atoms with E-state index in [9.17, 15) is 9.90 Å². The molecule has 132 valence electrons. The number of aliphatic hydroxyl groups excluding tert-OH is 1. The molecular formula is C19H24N4O2. The third-order valence-corrected chi connectivity index (χ3v) is 4.46. The fourth-order valence-corrected chi connectivity index (χ4v) is 3.13. The number of aromatic nitrogens is 1. The summed E-state index contributed by atoms with van der Waals surface area (Å²) >= 11 is 0. The van der Waals surface area contributed by atoms with E-state index < -0.39 is 6.10 Å². The molecular weight excluding hydrogens is 316 g/mol. The van der Waals surface area contributed by atoms with E-state index in [1.54, 1.807) is 11.1 Å². The van der Waals surface area contributed by atoms with Gasteiger partial charge >= 0.3 is 0 Å². The van der Waals surface area contributed by atoms with Crippen molar-refractivity contribution in [2.24, 2.45) is 0 Å². The summed E-state index contributed by atoms with van der Waals surface area (Å²) in [5.41, 5.74) is 7.84. The third-order valence-electron chi connectivity index (χ3n) is 4.46. The number of hydrogen-bond acceptors (Lipinski definition) is 5. The molecule has 1 amide bonds. The highest BCUT2D eigenvalue weighted by Crippen LogP contribution is 2.14. The van der Waals surface area contributed by atoms with Gasteiger partial charge in [0.05, 0.1) is 12.5 Å². The molecule has 1 aliphatic heterocycles. The molecule has 0 aliphatic carbocycles. The van der Waals surface area contributed by atoms with Gasteiger partial charge in [0, 0.05) is 44.5 Å². The highest BCUT2D eigenvalue weighted by molar-refractivity contribution is 5.78. The Morgan fingerprint density at radius 3 is 2.72 bits per heavy atom. The van der Waals surface area contributed by atoms with Gasteiger partial charge in [-0.1, -0.05) is 36.4 Å². The summed E-state index contributed by atoms with van der Waals surface area (Å²) in [7, 11) is 0. The average Bonchev–Trinajstić information content (AvgIpc) is 2.79. The van der Waals surface area contributed by atoms with E-state index in [1.807, 2.05) is 42.5 Å². The second-order valence-corrected chi connectivity index (χ2v) is 6.44. The van der Waals surface area contributed by atoms with Gasteiger partial charge in [0.15, 0.2) is 0 Å². The Labute approximate surface area is 147 Å². The first-order valence-electron chi connectivity index (χ1n) is 8.53. The molecule has 6 heteroatoms. The minimum atomic E-state index is -0.569. The van der Waals surface area contributed by atoms with E-state index in [0.717, 1.165) is 11.1 Å². The van der Waals surface area contributed by atoms with Gasteiger partial charge < -0.3 is 15.7 Å². The molecule has 0 unspecified atom stereocenters. The summed E-state index contributed by atoms with van der Waals surface area (Å²) in [6, 6.07) is 13.5. The molecule has 1 atom stereocenters. The monoisotopic (exact) mass is 340 g/mol. The third kappa shape index (κ3) is 4.78. The van der Waals surface area contributed by atoms with Crippen molar-refractivity contribution in [3.05, 3.63) is 59.8 Å². The molecule has 2 heterocycles. The van der Waals surface area contributed by atoms with Gasteiger partial charge in [0.2, 0.25) is 5.91 Å². The van der Waals surface area contributed by atoms with Crippen molar-refractivity contribution in [2.75, 3.05) is 31.9 Å². The van der Waals surface area contributed by atoms with Gasteiger partial charge in [-0.05, 0) is 11.6 Å². The molecule has 0 bridgehead atoms. The maximum absolute atomic E-state index is 12.6. The van der Waals surface area contributed by atoms with Gasteiger partial charge in [-0.2, -0.15) is 0 Å². The Morgan fingerprint density at radius 1 is 1.16 bits per heavy atom. The van der Waals surface area contributed by atoms with Gasteiger partial charge in [-0.25, -0.2) is 4.98 Å². The molecule has 25 heavy (non-hydrogen) atoms. The van der Waals surface area contributed by atoms with Crippen LogP contribution >= 0.6 is 0 Å². The summed E-state index contributed by atoms with van der Waals surface area (Å²) in [4.78, 5) is 20.5. The summed E-state index contributed by atoms with van der Waals surface area (Å²) in [5.74, 6) is 0.561. The molecule has 0 spiro atoms. The van der Waals surface area contributed by atoms with Crippen LogP contribution in [0.15, 0.2) is 48.7 Å². The van der Waals surface area contributed by atoms with Crippen LogP contribution in [0.1, 0.15) is 11.1 Å². The second kappa shape index (κ2) is 8.09. The van der Waals surface area contributed by atoms with Crippen LogP contribution in [0, 0.1) is 0 Å². The molecule has 3 rings (SSSR count). The number of amides is 1. The van der Waals surface area contributed by atoms with Crippen LogP contribution in [-0.2, 0) is 17.8 Å². The zero-order chi connectivity index (χ0) is 17.6. The lowest BCUT2D eigenvalue weighted by atomic mass is 10.1. The summed E-state index contributed by atoms with van der Waals surface area (Å²) in [5, 5.41) is 10.3. The molecule has 2 aromatic rings. The molecule has 6 nitrogen and oxygen atoms in total. The summed E-state index contributed by atoms with van der Waals surface area (Å²) in [6.45, 7) is 2.81. The standard InChI is InChI=1S/C19H24N4O2/c20-19-16(7-4-8-21-19)12-22-9-10-23(14-17(24)13-22)18(25)11-15-5-2-1-3-6-15/h1-8,17,24H,9-14H2,(H2,20,21)/t17-/m1/s1. The SMILES string of the molecule is Nc1ncccc1CN1CCN(C(=O)Cc2ccccc2)C[C@H](O)C1. The van der Waals surface area contributed by atoms with Crippen molar-refractivity contribution in [2.45, 2.75) is 19.1 Å². The molecule has 1 aliphatic rings. The fraction of sp³-hybridized carbons (Fsp3) is 0.368. The quantitative estimate of drug-likeness (QED) is 0.864. The van der Waals surface area contributed by atoms with E-state index in [4.69, 9.17) is 5.73 Å². The lowest BCUT2D eigenvalue weighted by Gasteiger charge is -2.22. The van der Waals surface area contributed by atoms with Crippen molar-refractivity contribution in [1.29, 1.82) is 0 Å². The molecule has 3 N–H and O–H groups in total. The number of anilines is 1. The molecule has 1 fully saturated rings. The van der Waals surface area contributed by atoms with E-state index in [-0.39, 0.29) is 5.91 Å². The Kier molecular flexibility index (Phi) is 5.63. The zero-order valence-electron chi connectivity index (χ0n) is 14.2. The Balaban J connectivity index is 1.61. The number of aliphatic hydroxyl groups is 1. The fourth-order valence-electron chi connectivity index (χ4n) is 3.13. The van der Waals surface area contributed by atoms with Gasteiger partial charge in [0.1, 0.15) is 5.82 Å². The van der Waals surface area contributed by atoms with Gasteiger partial charge in [-0.15, -0.1) is 0 Å². The Bertz CT molecular complexity index is 708. The molecule has 0 saturated carbocycles. The topological polar surface area (TPSA) is 82.7 Å².